The summed E-state index contributed by atoms with van der Waals surface area (Å²) >= 11 is 0. The molecule has 1 atom stereocenters. The second-order valence-electron chi connectivity index (χ2n) is 7.46. The molecule has 1 unspecified atom stereocenters. The van der Waals surface area contributed by atoms with Gasteiger partial charge in [0.05, 0.1) is 11.6 Å². The van der Waals surface area contributed by atoms with E-state index in [1.807, 2.05) is 24.3 Å². The molecule has 1 saturated carbocycles. The third kappa shape index (κ3) is 4.93. The first-order valence-electron chi connectivity index (χ1n) is 8.08. The number of aliphatic hydroxyl groups excluding tert-OH is 1. The normalized spacial score (nSPS) is 18.1. The van der Waals surface area contributed by atoms with Gasteiger partial charge in [-0.25, -0.2) is 0 Å². The van der Waals surface area contributed by atoms with Gasteiger partial charge in [-0.1, -0.05) is 57.9 Å². The molecule has 0 saturated heterocycles. The molecule has 0 radical (unpaired) electrons. The smallest absolute Gasteiger partial charge is 0.240 e. The molecule has 0 spiro atoms. The number of hydrogen-bond acceptors (Lipinski definition) is 3. The Morgan fingerprint density at radius 2 is 1.78 bits per heavy atom. The van der Waals surface area contributed by atoms with Crippen molar-refractivity contribution in [1.29, 1.82) is 0 Å². The molecule has 1 aromatic carbocycles. The number of amides is 1. The minimum atomic E-state index is -0.740. The predicted octanol–water partition coefficient (Wildman–Crippen LogP) is 2.83. The SMILES string of the molecule is CC(C)(C)c1ccc(C(O)CNC(=O)C2(N)CCCC2)cc1.Cl. The van der Waals surface area contributed by atoms with Gasteiger partial charge in [0.2, 0.25) is 5.91 Å². The lowest BCUT2D eigenvalue weighted by Gasteiger charge is -2.24. The van der Waals surface area contributed by atoms with E-state index in [1.54, 1.807) is 0 Å². The summed E-state index contributed by atoms with van der Waals surface area (Å²) in [6, 6.07) is 7.90. The summed E-state index contributed by atoms with van der Waals surface area (Å²) < 4.78 is 0. The third-order valence-corrected chi connectivity index (χ3v) is 4.57. The fourth-order valence-corrected chi connectivity index (χ4v) is 2.92. The van der Waals surface area contributed by atoms with Crippen LogP contribution in [0.25, 0.3) is 0 Å². The number of hydrogen-bond donors (Lipinski definition) is 3. The largest absolute Gasteiger partial charge is 0.387 e. The summed E-state index contributed by atoms with van der Waals surface area (Å²) in [5, 5.41) is 13.0. The van der Waals surface area contributed by atoms with Crippen LogP contribution in [0.4, 0.5) is 0 Å². The second kappa shape index (κ2) is 7.65. The molecule has 2 rings (SSSR count). The van der Waals surface area contributed by atoms with Crippen LogP contribution in [0.1, 0.15) is 63.7 Å². The molecular formula is C18H29ClN2O2. The predicted molar refractivity (Wildman–Crippen MR) is 95.7 cm³/mol. The molecule has 4 N–H and O–H groups in total. The molecule has 130 valence electrons. The van der Waals surface area contributed by atoms with E-state index in [0.717, 1.165) is 31.2 Å². The number of carbonyl (C=O) groups is 1. The molecule has 1 fully saturated rings. The highest BCUT2D eigenvalue weighted by Crippen LogP contribution is 2.27. The van der Waals surface area contributed by atoms with E-state index >= 15 is 0 Å². The average molecular weight is 341 g/mol. The van der Waals surface area contributed by atoms with Crippen LogP contribution in [0.3, 0.4) is 0 Å². The zero-order chi connectivity index (χ0) is 16.4. The van der Waals surface area contributed by atoms with Crippen molar-refractivity contribution < 1.29 is 9.90 Å². The van der Waals surface area contributed by atoms with Gasteiger partial charge in [0.1, 0.15) is 0 Å². The van der Waals surface area contributed by atoms with Crippen molar-refractivity contribution in [2.75, 3.05) is 6.54 Å². The molecule has 0 aliphatic heterocycles. The standard InChI is InChI=1S/C18H28N2O2.ClH/c1-17(2,3)14-8-6-13(7-9-14)15(21)12-20-16(22)18(19)10-4-5-11-18;/h6-9,15,21H,4-5,10-12,19H2,1-3H3,(H,20,22);1H. The fourth-order valence-electron chi connectivity index (χ4n) is 2.92. The highest BCUT2D eigenvalue weighted by Gasteiger charge is 2.36. The van der Waals surface area contributed by atoms with Crippen molar-refractivity contribution in [1.82, 2.24) is 5.32 Å². The first-order valence-corrected chi connectivity index (χ1v) is 8.08. The van der Waals surface area contributed by atoms with E-state index in [1.165, 1.54) is 5.56 Å². The molecule has 5 heteroatoms. The summed E-state index contributed by atoms with van der Waals surface area (Å²) in [4.78, 5) is 12.1. The lowest BCUT2D eigenvalue weighted by Crippen LogP contribution is -2.52. The van der Waals surface area contributed by atoms with Gasteiger partial charge < -0.3 is 16.2 Å². The van der Waals surface area contributed by atoms with Crippen LogP contribution in [0, 0.1) is 0 Å². The van der Waals surface area contributed by atoms with Crippen LogP contribution >= 0.6 is 12.4 Å². The maximum absolute atomic E-state index is 12.1. The number of benzene rings is 1. The molecule has 1 aromatic rings. The Kier molecular flexibility index (Phi) is 6.63. The first-order chi connectivity index (χ1) is 10.2. The van der Waals surface area contributed by atoms with Crippen LogP contribution in [0.15, 0.2) is 24.3 Å². The van der Waals surface area contributed by atoms with Crippen molar-refractivity contribution in [3.8, 4) is 0 Å². The van der Waals surface area contributed by atoms with Crippen molar-refractivity contribution in [2.45, 2.75) is 63.5 Å². The van der Waals surface area contributed by atoms with Crippen LogP contribution < -0.4 is 11.1 Å². The van der Waals surface area contributed by atoms with Gasteiger partial charge >= 0.3 is 0 Å². The number of nitrogens with one attached hydrogen (secondary N) is 1. The molecule has 4 nitrogen and oxygen atoms in total. The number of nitrogens with two attached hydrogens (primary N) is 1. The molecule has 0 heterocycles. The van der Waals surface area contributed by atoms with E-state index in [2.05, 4.69) is 26.1 Å². The molecule has 1 aliphatic rings. The quantitative estimate of drug-likeness (QED) is 0.789. The Morgan fingerprint density at radius 3 is 2.26 bits per heavy atom. The Morgan fingerprint density at radius 1 is 1.26 bits per heavy atom. The Balaban J connectivity index is 0.00000264. The molecule has 1 amide bonds. The summed E-state index contributed by atoms with van der Waals surface area (Å²) in [5.74, 6) is -0.143. The third-order valence-electron chi connectivity index (χ3n) is 4.57. The highest BCUT2D eigenvalue weighted by molar-refractivity contribution is 5.86. The van der Waals surface area contributed by atoms with E-state index in [4.69, 9.17) is 5.73 Å². The van der Waals surface area contributed by atoms with Crippen LogP contribution in [0.2, 0.25) is 0 Å². The number of rotatable bonds is 4. The van der Waals surface area contributed by atoms with Crippen LogP contribution in [-0.2, 0) is 10.2 Å². The fraction of sp³-hybridized carbons (Fsp3) is 0.611. The molecular weight excluding hydrogens is 312 g/mol. The topological polar surface area (TPSA) is 75.3 Å². The van der Waals surface area contributed by atoms with Gasteiger partial charge in [-0.15, -0.1) is 12.4 Å². The first kappa shape index (κ1) is 19.9. The van der Waals surface area contributed by atoms with E-state index in [-0.39, 0.29) is 30.3 Å². The second-order valence-corrected chi connectivity index (χ2v) is 7.46. The minimum absolute atomic E-state index is 0. The zero-order valence-corrected chi connectivity index (χ0v) is 15.1. The maximum Gasteiger partial charge on any atom is 0.240 e. The van der Waals surface area contributed by atoms with Crippen molar-refractivity contribution in [2.24, 2.45) is 5.73 Å². The average Bonchev–Trinajstić information content (AvgIpc) is 2.91. The minimum Gasteiger partial charge on any atom is -0.387 e. The van der Waals surface area contributed by atoms with Gasteiger partial charge in [-0.3, -0.25) is 4.79 Å². The van der Waals surface area contributed by atoms with E-state index < -0.39 is 11.6 Å². The van der Waals surface area contributed by atoms with E-state index in [9.17, 15) is 9.90 Å². The zero-order valence-electron chi connectivity index (χ0n) is 14.3. The van der Waals surface area contributed by atoms with Gasteiger partial charge in [-0.05, 0) is 29.4 Å². The molecule has 23 heavy (non-hydrogen) atoms. The molecule has 0 aromatic heterocycles. The lowest BCUT2D eigenvalue weighted by atomic mass is 9.86. The van der Waals surface area contributed by atoms with Crippen molar-refractivity contribution in [3.63, 3.8) is 0 Å². The number of halogens is 1. The number of carbonyl (C=O) groups excluding carboxylic acids is 1. The summed E-state index contributed by atoms with van der Waals surface area (Å²) in [7, 11) is 0. The molecule has 1 aliphatic carbocycles. The summed E-state index contributed by atoms with van der Waals surface area (Å²) in [6.45, 7) is 6.66. The monoisotopic (exact) mass is 340 g/mol. The van der Waals surface area contributed by atoms with Crippen LogP contribution in [-0.4, -0.2) is 23.1 Å². The van der Waals surface area contributed by atoms with Crippen molar-refractivity contribution >= 4 is 18.3 Å². The summed E-state index contributed by atoms with van der Waals surface area (Å²) in [6.07, 6.45) is 2.76. The summed E-state index contributed by atoms with van der Waals surface area (Å²) in [5.41, 5.74) is 7.48. The Labute approximate surface area is 145 Å². The van der Waals surface area contributed by atoms with Gasteiger partial charge in [0.25, 0.3) is 0 Å². The van der Waals surface area contributed by atoms with Gasteiger partial charge in [-0.2, -0.15) is 0 Å². The van der Waals surface area contributed by atoms with Gasteiger partial charge in [0, 0.05) is 6.54 Å². The Hall–Kier alpha value is -1.10. The van der Waals surface area contributed by atoms with Gasteiger partial charge in [0.15, 0.2) is 0 Å². The molecule has 0 bridgehead atoms. The lowest BCUT2D eigenvalue weighted by molar-refractivity contribution is -0.126. The van der Waals surface area contributed by atoms with E-state index in [0.29, 0.717) is 0 Å². The van der Waals surface area contributed by atoms with Crippen molar-refractivity contribution in [3.05, 3.63) is 35.4 Å². The number of aliphatic hydroxyl groups is 1. The highest BCUT2D eigenvalue weighted by atomic mass is 35.5. The van der Waals surface area contributed by atoms with Crippen LogP contribution in [0.5, 0.6) is 0 Å². The Bertz CT molecular complexity index is 517. The maximum atomic E-state index is 12.1.